The molecule has 1 aromatic heterocycles. The Kier molecular flexibility index (Phi) is 2.53. The van der Waals surface area contributed by atoms with Crippen LogP contribution in [-0.2, 0) is 0 Å². The molecular weight excluding hydrogens is 228 g/mol. The molecule has 0 amide bonds. The SMILES string of the molecule is C[C@]1(NN)C[C@H](c2ccccc2)n2ncnc2N1. The van der Waals surface area contributed by atoms with Gasteiger partial charge in [0.05, 0.1) is 6.04 Å². The first-order chi connectivity index (χ1) is 8.72. The predicted octanol–water partition coefficient (Wildman–Crippen LogP) is 0.863. The van der Waals surface area contributed by atoms with E-state index < -0.39 is 0 Å². The van der Waals surface area contributed by atoms with E-state index in [1.165, 1.54) is 5.56 Å². The number of nitrogens with two attached hydrogens (primary N) is 1. The van der Waals surface area contributed by atoms with Crippen LogP contribution in [0, 0.1) is 0 Å². The zero-order valence-electron chi connectivity index (χ0n) is 10.2. The lowest BCUT2D eigenvalue weighted by Gasteiger charge is -2.39. The summed E-state index contributed by atoms with van der Waals surface area (Å²) >= 11 is 0. The zero-order valence-corrected chi connectivity index (χ0v) is 10.2. The van der Waals surface area contributed by atoms with Crippen molar-refractivity contribution in [2.24, 2.45) is 5.84 Å². The summed E-state index contributed by atoms with van der Waals surface area (Å²) in [6.07, 6.45) is 2.35. The van der Waals surface area contributed by atoms with Gasteiger partial charge in [0.15, 0.2) is 0 Å². The summed E-state index contributed by atoms with van der Waals surface area (Å²) in [5.74, 6) is 6.37. The molecule has 6 nitrogen and oxygen atoms in total. The fourth-order valence-electron chi connectivity index (χ4n) is 2.37. The average molecular weight is 244 g/mol. The van der Waals surface area contributed by atoms with Gasteiger partial charge in [-0.3, -0.25) is 5.84 Å². The molecule has 0 radical (unpaired) electrons. The van der Waals surface area contributed by atoms with Crippen molar-refractivity contribution in [3.63, 3.8) is 0 Å². The lowest BCUT2D eigenvalue weighted by atomic mass is 9.94. The van der Waals surface area contributed by atoms with Crippen molar-refractivity contribution < 1.29 is 0 Å². The number of rotatable bonds is 2. The molecule has 2 heterocycles. The third-order valence-electron chi connectivity index (χ3n) is 3.36. The van der Waals surface area contributed by atoms with Crippen LogP contribution in [0.15, 0.2) is 36.7 Å². The van der Waals surface area contributed by atoms with Crippen LogP contribution in [-0.4, -0.2) is 20.4 Å². The molecule has 0 aliphatic carbocycles. The summed E-state index contributed by atoms with van der Waals surface area (Å²) < 4.78 is 1.90. The number of hydrogen-bond acceptors (Lipinski definition) is 5. The predicted molar refractivity (Wildman–Crippen MR) is 68.6 cm³/mol. The van der Waals surface area contributed by atoms with E-state index in [0.29, 0.717) is 0 Å². The smallest absolute Gasteiger partial charge is 0.223 e. The Morgan fingerprint density at radius 3 is 2.94 bits per heavy atom. The maximum Gasteiger partial charge on any atom is 0.223 e. The number of fused-ring (bicyclic) bond motifs is 1. The lowest BCUT2D eigenvalue weighted by molar-refractivity contribution is 0.293. The van der Waals surface area contributed by atoms with Crippen molar-refractivity contribution in [1.82, 2.24) is 20.2 Å². The Hall–Kier alpha value is -1.92. The third-order valence-corrected chi connectivity index (χ3v) is 3.36. The molecule has 18 heavy (non-hydrogen) atoms. The van der Waals surface area contributed by atoms with Crippen LogP contribution in [0.3, 0.4) is 0 Å². The van der Waals surface area contributed by atoms with Gasteiger partial charge < -0.3 is 5.32 Å². The monoisotopic (exact) mass is 244 g/mol. The molecule has 0 unspecified atom stereocenters. The van der Waals surface area contributed by atoms with Gasteiger partial charge in [-0.25, -0.2) is 10.1 Å². The van der Waals surface area contributed by atoms with Gasteiger partial charge in [0.2, 0.25) is 5.95 Å². The van der Waals surface area contributed by atoms with Crippen molar-refractivity contribution in [1.29, 1.82) is 0 Å². The minimum absolute atomic E-state index is 0.131. The van der Waals surface area contributed by atoms with Crippen LogP contribution < -0.4 is 16.6 Å². The van der Waals surface area contributed by atoms with Gasteiger partial charge in [-0.05, 0) is 12.5 Å². The Balaban J connectivity index is 2.05. The number of hydrazine groups is 1. The first-order valence-corrected chi connectivity index (χ1v) is 5.92. The number of nitrogens with one attached hydrogen (secondary N) is 2. The van der Waals surface area contributed by atoms with Gasteiger partial charge in [0.1, 0.15) is 12.0 Å². The number of benzene rings is 1. The first kappa shape index (κ1) is 11.2. The molecule has 1 aliphatic rings. The third kappa shape index (κ3) is 1.75. The topological polar surface area (TPSA) is 80.8 Å². The molecule has 1 aliphatic heterocycles. The fraction of sp³-hybridized carbons (Fsp3) is 0.333. The van der Waals surface area contributed by atoms with Gasteiger partial charge in [-0.1, -0.05) is 30.3 Å². The van der Waals surface area contributed by atoms with Gasteiger partial charge >= 0.3 is 0 Å². The molecular formula is C12H16N6. The Labute approximate surface area is 105 Å². The lowest BCUT2D eigenvalue weighted by Crippen LogP contribution is -2.56. The molecule has 0 saturated carbocycles. The second-order valence-electron chi connectivity index (χ2n) is 4.76. The van der Waals surface area contributed by atoms with Crippen molar-refractivity contribution >= 4 is 5.95 Å². The summed E-state index contributed by atoms with van der Waals surface area (Å²) in [5.41, 5.74) is 3.63. The molecule has 2 atom stereocenters. The zero-order chi connectivity index (χ0) is 12.6. The summed E-state index contributed by atoms with van der Waals surface area (Å²) in [7, 11) is 0. The molecule has 0 bridgehead atoms. The number of aromatic nitrogens is 3. The minimum atomic E-state index is -0.385. The highest BCUT2D eigenvalue weighted by atomic mass is 15.5. The fourth-order valence-corrected chi connectivity index (χ4v) is 2.37. The van der Waals surface area contributed by atoms with Crippen LogP contribution in [0.2, 0.25) is 0 Å². The summed E-state index contributed by atoms with van der Waals surface area (Å²) in [6, 6.07) is 10.4. The molecule has 0 saturated heterocycles. The van der Waals surface area contributed by atoms with Gasteiger partial charge in [0, 0.05) is 6.42 Å². The van der Waals surface area contributed by atoms with E-state index in [1.807, 2.05) is 29.8 Å². The average Bonchev–Trinajstić information content (AvgIpc) is 2.86. The summed E-state index contributed by atoms with van der Waals surface area (Å²) in [6.45, 7) is 2.02. The first-order valence-electron chi connectivity index (χ1n) is 5.92. The van der Waals surface area contributed by atoms with Crippen LogP contribution in [0.1, 0.15) is 24.9 Å². The van der Waals surface area contributed by atoms with Crippen LogP contribution in [0.5, 0.6) is 0 Å². The normalized spacial score (nSPS) is 26.4. The standard InChI is InChI=1S/C12H16N6/c1-12(17-13)7-10(9-5-3-2-4-6-9)18-11(16-12)14-8-15-18/h2-6,8,10,17H,7,13H2,1H3,(H,14,15,16)/t10-,12+/m1/s1. The highest BCUT2D eigenvalue weighted by molar-refractivity contribution is 5.35. The van der Waals surface area contributed by atoms with E-state index in [2.05, 4.69) is 33.0 Å². The van der Waals surface area contributed by atoms with E-state index >= 15 is 0 Å². The van der Waals surface area contributed by atoms with Gasteiger partial charge in [0.25, 0.3) is 0 Å². The maximum absolute atomic E-state index is 5.63. The molecule has 0 spiro atoms. The highest BCUT2D eigenvalue weighted by Crippen LogP contribution is 2.33. The number of anilines is 1. The molecule has 94 valence electrons. The van der Waals surface area contributed by atoms with E-state index in [4.69, 9.17) is 5.84 Å². The quantitative estimate of drug-likeness (QED) is 0.539. The molecule has 3 rings (SSSR count). The molecule has 4 N–H and O–H groups in total. The minimum Gasteiger partial charge on any atom is -0.335 e. The van der Waals surface area contributed by atoms with Gasteiger partial charge in [-0.2, -0.15) is 10.1 Å². The van der Waals surface area contributed by atoms with Crippen LogP contribution in [0.25, 0.3) is 0 Å². The van der Waals surface area contributed by atoms with Crippen molar-refractivity contribution in [2.75, 3.05) is 5.32 Å². The van der Waals surface area contributed by atoms with Crippen LogP contribution in [0.4, 0.5) is 5.95 Å². The molecule has 2 aromatic rings. The largest absolute Gasteiger partial charge is 0.335 e. The van der Waals surface area contributed by atoms with E-state index in [9.17, 15) is 0 Å². The summed E-state index contributed by atoms with van der Waals surface area (Å²) in [5, 5.41) is 7.54. The van der Waals surface area contributed by atoms with E-state index in [1.54, 1.807) is 6.33 Å². The second-order valence-corrected chi connectivity index (χ2v) is 4.76. The van der Waals surface area contributed by atoms with E-state index in [-0.39, 0.29) is 11.7 Å². The number of nitrogens with zero attached hydrogens (tertiary/aromatic N) is 3. The Bertz CT molecular complexity index is 537. The highest BCUT2D eigenvalue weighted by Gasteiger charge is 2.36. The van der Waals surface area contributed by atoms with E-state index in [0.717, 1.165) is 12.4 Å². The van der Waals surface area contributed by atoms with Crippen molar-refractivity contribution in [2.45, 2.75) is 25.0 Å². The maximum atomic E-state index is 5.63. The Morgan fingerprint density at radius 1 is 1.44 bits per heavy atom. The second kappa shape index (κ2) is 4.08. The van der Waals surface area contributed by atoms with Gasteiger partial charge in [-0.15, -0.1) is 0 Å². The van der Waals surface area contributed by atoms with Crippen molar-refractivity contribution in [3.8, 4) is 0 Å². The molecule has 6 heteroatoms. The van der Waals surface area contributed by atoms with Crippen molar-refractivity contribution in [3.05, 3.63) is 42.2 Å². The summed E-state index contributed by atoms with van der Waals surface area (Å²) in [4.78, 5) is 4.22. The van der Waals surface area contributed by atoms with Crippen LogP contribution >= 0.6 is 0 Å². The molecule has 1 aromatic carbocycles. The number of hydrogen-bond donors (Lipinski definition) is 3. The Morgan fingerprint density at radius 2 is 2.22 bits per heavy atom. The molecule has 0 fully saturated rings.